The quantitative estimate of drug-likeness (QED) is 0.415. The molecule has 2 aromatic carbocycles. The molecule has 6 heteroatoms. The van der Waals surface area contributed by atoms with Crippen molar-refractivity contribution in [2.75, 3.05) is 25.5 Å². The van der Waals surface area contributed by atoms with Gasteiger partial charge in [0.1, 0.15) is 11.3 Å². The van der Waals surface area contributed by atoms with E-state index in [1.54, 1.807) is 19.2 Å². The molecule has 1 saturated heterocycles. The molecule has 0 spiro atoms. The molecule has 3 heterocycles. The van der Waals surface area contributed by atoms with E-state index < -0.39 is 0 Å². The second-order valence-electron chi connectivity index (χ2n) is 8.01. The summed E-state index contributed by atoms with van der Waals surface area (Å²) in [4.78, 5) is 15.4. The fourth-order valence-corrected chi connectivity index (χ4v) is 4.54. The molecule has 1 unspecified atom stereocenters. The van der Waals surface area contributed by atoms with Crippen LogP contribution in [0.3, 0.4) is 0 Å². The number of amides is 1. The molecule has 6 nitrogen and oxygen atoms in total. The lowest BCUT2D eigenvalue weighted by Crippen LogP contribution is -2.34. The summed E-state index contributed by atoms with van der Waals surface area (Å²) in [6, 6.07) is 19.0. The SMILES string of the molecule is COc1ccccc1C(c1oc2ccccc2c1NC(=O)c1ccco1)N1CCCCC1. The summed E-state index contributed by atoms with van der Waals surface area (Å²) in [6.45, 7) is 1.90. The third-order valence-electron chi connectivity index (χ3n) is 6.04. The molecule has 1 fully saturated rings. The van der Waals surface area contributed by atoms with E-state index in [0.29, 0.717) is 11.4 Å². The van der Waals surface area contributed by atoms with E-state index in [0.717, 1.165) is 48.2 Å². The zero-order valence-corrected chi connectivity index (χ0v) is 18.0. The number of carbonyl (C=O) groups is 1. The first-order valence-corrected chi connectivity index (χ1v) is 11.0. The number of methoxy groups -OCH3 is 1. The first kappa shape index (κ1) is 20.4. The number of hydrogen-bond acceptors (Lipinski definition) is 5. The Morgan fingerprint density at radius 1 is 1.00 bits per heavy atom. The van der Waals surface area contributed by atoms with Crippen LogP contribution in [-0.2, 0) is 0 Å². The summed E-state index contributed by atoms with van der Waals surface area (Å²) in [6.07, 6.45) is 4.96. The van der Waals surface area contributed by atoms with Crippen molar-refractivity contribution in [3.05, 3.63) is 84.0 Å². The van der Waals surface area contributed by atoms with Crippen LogP contribution < -0.4 is 10.1 Å². The van der Waals surface area contributed by atoms with Crippen molar-refractivity contribution in [2.45, 2.75) is 25.3 Å². The van der Waals surface area contributed by atoms with Gasteiger partial charge in [-0.2, -0.15) is 0 Å². The van der Waals surface area contributed by atoms with E-state index >= 15 is 0 Å². The Morgan fingerprint density at radius 2 is 1.78 bits per heavy atom. The Bertz CT molecular complexity index is 1210. The molecule has 1 atom stereocenters. The highest BCUT2D eigenvalue weighted by atomic mass is 16.5. The molecule has 1 N–H and O–H groups in total. The lowest BCUT2D eigenvalue weighted by atomic mass is 9.97. The smallest absolute Gasteiger partial charge is 0.291 e. The van der Waals surface area contributed by atoms with Crippen LogP contribution in [0.25, 0.3) is 11.0 Å². The summed E-state index contributed by atoms with van der Waals surface area (Å²) in [5, 5.41) is 3.93. The molecule has 5 rings (SSSR count). The van der Waals surface area contributed by atoms with Crippen molar-refractivity contribution in [1.29, 1.82) is 0 Å². The molecule has 32 heavy (non-hydrogen) atoms. The molecular weight excluding hydrogens is 404 g/mol. The van der Waals surface area contributed by atoms with Gasteiger partial charge in [-0.3, -0.25) is 9.69 Å². The molecule has 0 bridgehead atoms. The van der Waals surface area contributed by atoms with Gasteiger partial charge in [0.05, 0.1) is 25.1 Å². The molecule has 0 saturated carbocycles. The maximum Gasteiger partial charge on any atom is 0.291 e. The number of piperidine rings is 1. The third kappa shape index (κ3) is 3.78. The van der Waals surface area contributed by atoms with Crippen LogP contribution in [0.2, 0.25) is 0 Å². The van der Waals surface area contributed by atoms with Gasteiger partial charge in [-0.15, -0.1) is 0 Å². The van der Waals surface area contributed by atoms with E-state index in [2.05, 4.69) is 16.3 Å². The van der Waals surface area contributed by atoms with Crippen molar-refractivity contribution >= 4 is 22.6 Å². The fourth-order valence-electron chi connectivity index (χ4n) is 4.54. The van der Waals surface area contributed by atoms with Crippen molar-refractivity contribution in [1.82, 2.24) is 4.90 Å². The number of furan rings is 2. The van der Waals surface area contributed by atoms with Crippen LogP contribution in [0.4, 0.5) is 5.69 Å². The van der Waals surface area contributed by atoms with Gasteiger partial charge >= 0.3 is 0 Å². The standard InChI is InChI=1S/C26H26N2O4/c1-30-20-12-5-4-11-19(20)24(28-15-7-2-8-16-28)25-23(18-10-3-6-13-21(18)32-25)27-26(29)22-14-9-17-31-22/h3-6,9-14,17,24H,2,7-8,15-16H2,1H3,(H,27,29). The van der Waals surface area contributed by atoms with Gasteiger partial charge in [0, 0.05) is 10.9 Å². The van der Waals surface area contributed by atoms with Crippen LogP contribution in [0, 0.1) is 0 Å². The number of carbonyl (C=O) groups excluding carboxylic acids is 1. The van der Waals surface area contributed by atoms with Gasteiger partial charge in [-0.1, -0.05) is 36.8 Å². The van der Waals surface area contributed by atoms with Gasteiger partial charge in [-0.05, 0) is 56.3 Å². The number of nitrogens with zero attached hydrogens (tertiary/aromatic N) is 1. The lowest BCUT2D eigenvalue weighted by Gasteiger charge is -2.34. The number of anilines is 1. The van der Waals surface area contributed by atoms with Crippen molar-refractivity contribution < 1.29 is 18.4 Å². The number of rotatable bonds is 6. The number of hydrogen-bond donors (Lipinski definition) is 1. The van der Waals surface area contributed by atoms with Crippen LogP contribution in [-0.4, -0.2) is 31.0 Å². The Hall–Kier alpha value is -3.51. The zero-order chi connectivity index (χ0) is 21.9. The summed E-state index contributed by atoms with van der Waals surface area (Å²) < 4.78 is 17.5. The Balaban J connectivity index is 1.67. The van der Waals surface area contributed by atoms with E-state index in [4.69, 9.17) is 13.6 Å². The first-order chi connectivity index (χ1) is 15.8. The molecule has 2 aromatic heterocycles. The highest BCUT2D eigenvalue weighted by Crippen LogP contribution is 2.43. The Morgan fingerprint density at radius 3 is 2.56 bits per heavy atom. The maximum atomic E-state index is 12.9. The van der Waals surface area contributed by atoms with E-state index in [1.807, 2.05) is 42.5 Å². The van der Waals surface area contributed by atoms with Gasteiger partial charge in [0.15, 0.2) is 11.5 Å². The molecule has 4 aromatic rings. The van der Waals surface area contributed by atoms with E-state index in [1.165, 1.54) is 12.7 Å². The topological polar surface area (TPSA) is 67.8 Å². The number of para-hydroxylation sites is 2. The van der Waals surface area contributed by atoms with Crippen molar-refractivity contribution in [2.24, 2.45) is 0 Å². The van der Waals surface area contributed by atoms with Crippen molar-refractivity contribution in [3.63, 3.8) is 0 Å². The molecule has 1 aliphatic heterocycles. The van der Waals surface area contributed by atoms with Crippen LogP contribution in [0.15, 0.2) is 75.8 Å². The Kier molecular flexibility index (Phi) is 5.69. The summed E-state index contributed by atoms with van der Waals surface area (Å²) in [7, 11) is 1.68. The van der Waals surface area contributed by atoms with Crippen LogP contribution in [0.5, 0.6) is 5.75 Å². The molecule has 0 aliphatic carbocycles. The minimum Gasteiger partial charge on any atom is -0.496 e. The summed E-state index contributed by atoms with van der Waals surface area (Å²) in [5.41, 5.74) is 2.42. The number of likely N-dealkylation sites (tertiary alicyclic amines) is 1. The second-order valence-corrected chi connectivity index (χ2v) is 8.01. The zero-order valence-electron chi connectivity index (χ0n) is 18.0. The number of fused-ring (bicyclic) bond motifs is 1. The molecule has 1 amide bonds. The van der Waals surface area contributed by atoms with Crippen molar-refractivity contribution in [3.8, 4) is 5.75 Å². The average Bonchev–Trinajstić information content (AvgIpc) is 3.50. The molecule has 1 aliphatic rings. The van der Waals surface area contributed by atoms with Crippen LogP contribution >= 0.6 is 0 Å². The summed E-state index contributed by atoms with van der Waals surface area (Å²) in [5.74, 6) is 1.46. The number of ether oxygens (including phenoxy) is 1. The second kappa shape index (κ2) is 8.93. The fraction of sp³-hybridized carbons (Fsp3) is 0.269. The minimum absolute atomic E-state index is 0.189. The van der Waals surface area contributed by atoms with E-state index in [-0.39, 0.29) is 17.7 Å². The van der Waals surface area contributed by atoms with Gasteiger partial charge in [0.2, 0.25) is 0 Å². The minimum atomic E-state index is -0.305. The molecular formula is C26H26N2O4. The van der Waals surface area contributed by atoms with Gasteiger partial charge in [0.25, 0.3) is 5.91 Å². The number of nitrogens with one attached hydrogen (secondary N) is 1. The Labute approximate surface area is 186 Å². The van der Waals surface area contributed by atoms with Gasteiger partial charge in [-0.25, -0.2) is 0 Å². The predicted molar refractivity (Wildman–Crippen MR) is 123 cm³/mol. The average molecular weight is 431 g/mol. The van der Waals surface area contributed by atoms with E-state index in [9.17, 15) is 4.79 Å². The van der Waals surface area contributed by atoms with Crippen LogP contribution in [0.1, 0.15) is 47.2 Å². The largest absolute Gasteiger partial charge is 0.496 e. The normalized spacial score (nSPS) is 15.5. The highest BCUT2D eigenvalue weighted by molar-refractivity contribution is 6.08. The third-order valence-corrected chi connectivity index (χ3v) is 6.04. The van der Waals surface area contributed by atoms with Gasteiger partial charge < -0.3 is 18.9 Å². The molecule has 0 radical (unpaired) electrons. The predicted octanol–water partition coefficient (Wildman–Crippen LogP) is 5.86. The lowest BCUT2D eigenvalue weighted by molar-refractivity contribution is 0.0996. The number of benzene rings is 2. The maximum absolute atomic E-state index is 12.9. The summed E-state index contributed by atoms with van der Waals surface area (Å²) >= 11 is 0. The highest BCUT2D eigenvalue weighted by Gasteiger charge is 2.33. The molecule has 164 valence electrons. The first-order valence-electron chi connectivity index (χ1n) is 11.0. The monoisotopic (exact) mass is 430 g/mol.